The molecule has 1 aromatic heterocycles. The smallest absolute Gasteiger partial charge is 0.294 e. The van der Waals surface area contributed by atoms with Gasteiger partial charge in [0.2, 0.25) is 5.75 Å². The van der Waals surface area contributed by atoms with Gasteiger partial charge in [-0.1, -0.05) is 25.6 Å². The molecule has 0 radical (unpaired) electrons. The molecule has 102 valence electrons. The Labute approximate surface area is 111 Å². The molecule has 0 spiro atoms. The van der Waals surface area contributed by atoms with Gasteiger partial charge in [-0.25, -0.2) is 4.98 Å². The van der Waals surface area contributed by atoms with Crippen molar-refractivity contribution in [3.05, 3.63) is 16.6 Å². The number of nitrogens with zero attached hydrogens (tertiary/aromatic N) is 1. The molecular formula is C12H20N2O3S. The van der Waals surface area contributed by atoms with Crippen molar-refractivity contribution in [2.45, 2.75) is 44.6 Å². The fourth-order valence-electron chi connectivity index (χ4n) is 1.50. The molecule has 1 aliphatic heterocycles. The number of aromatic nitrogens is 2. The third-order valence-corrected chi connectivity index (χ3v) is 2.93. The zero-order valence-electron chi connectivity index (χ0n) is 11.1. The van der Waals surface area contributed by atoms with Crippen LogP contribution in [0.15, 0.2) is 16.1 Å². The zero-order chi connectivity index (χ0) is 13.4. The highest BCUT2D eigenvalue weighted by Gasteiger charge is 2.16. The highest BCUT2D eigenvalue weighted by Crippen LogP contribution is 2.16. The fourth-order valence-corrected chi connectivity index (χ4v) is 1.85. The average Bonchev–Trinajstić information content (AvgIpc) is 2.44. The minimum absolute atomic E-state index is 0.227. The van der Waals surface area contributed by atoms with Crippen LogP contribution in [0.1, 0.15) is 33.1 Å². The monoisotopic (exact) mass is 272 g/mol. The van der Waals surface area contributed by atoms with Crippen LogP contribution in [0.25, 0.3) is 0 Å². The van der Waals surface area contributed by atoms with Crippen LogP contribution in [0.3, 0.4) is 0 Å². The Morgan fingerprint density at radius 2 is 2.28 bits per heavy atom. The van der Waals surface area contributed by atoms with E-state index in [4.69, 9.17) is 9.47 Å². The number of hydrogen-bond donors (Lipinski definition) is 1. The third-order valence-electron chi connectivity index (χ3n) is 2.33. The summed E-state index contributed by atoms with van der Waals surface area (Å²) < 4.78 is 10.8. The van der Waals surface area contributed by atoms with Crippen molar-refractivity contribution in [3.63, 3.8) is 0 Å². The van der Waals surface area contributed by atoms with Gasteiger partial charge in [0.25, 0.3) is 5.56 Å². The van der Waals surface area contributed by atoms with Gasteiger partial charge in [-0.2, -0.15) is 0 Å². The third kappa shape index (κ3) is 4.34. The first-order valence-corrected chi connectivity index (χ1v) is 7.43. The molecule has 6 heteroatoms. The van der Waals surface area contributed by atoms with Crippen LogP contribution in [0.5, 0.6) is 5.75 Å². The summed E-state index contributed by atoms with van der Waals surface area (Å²) >= 11 is 1.38. The van der Waals surface area contributed by atoms with E-state index in [1.807, 2.05) is 20.1 Å². The molecule has 0 aromatic carbocycles. The van der Waals surface area contributed by atoms with Crippen LogP contribution < -0.4 is 10.3 Å². The predicted octanol–water partition coefficient (Wildman–Crippen LogP) is 2.42. The van der Waals surface area contributed by atoms with E-state index in [2.05, 4.69) is 9.97 Å². The van der Waals surface area contributed by atoms with Gasteiger partial charge in [0, 0.05) is 6.42 Å². The summed E-state index contributed by atoms with van der Waals surface area (Å²) in [4.78, 5) is 18.3. The molecule has 1 aliphatic rings. The van der Waals surface area contributed by atoms with Crippen molar-refractivity contribution in [1.29, 1.82) is 0 Å². The Morgan fingerprint density at radius 1 is 1.50 bits per heavy atom. The number of aromatic amines is 1. The highest BCUT2D eigenvalue weighted by molar-refractivity contribution is 7.98. The molecule has 1 fully saturated rings. The van der Waals surface area contributed by atoms with Gasteiger partial charge in [0.05, 0.1) is 12.8 Å². The molecule has 1 unspecified atom stereocenters. The molecule has 1 saturated heterocycles. The second-order valence-electron chi connectivity index (χ2n) is 3.50. The van der Waals surface area contributed by atoms with Crippen molar-refractivity contribution in [1.82, 2.24) is 9.97 Å². The van der Waals surface area contributed by atoms with E-state index in [1.54, 1.807) is 0 Å². The van der Waals surface area contributed by atoms with Gasteiger partial charge in [0.15, 0.2) is 11.4 Å². The van der Waals surface area contributed by atoms with Crippen molar-refractivity contribution in [2.24, 2.45) is 0 Å². The average molecular weight is 272 g/mol. The first kappa shape index (κ1) is 15.0. The van der Waals surface area contributed by atoms with Crippen LogP contribution in [-0.2, 0) is 4.74 Å². The van der Waals surface area contributed by atoms with Gasteiger partial charge in [0.1, 0.15) is 0 Å². The summed E-state index contributed by atoms with van der Waals surface area (Å²) in [6.07, 6.45) is 5.94. The van der Waals surface area contributed by atoms with Gasteiger partial charge >= 0.3 is 0 Å². The lowest BCUT2D eigenvalue weighted by molar-refractivity contribution is -0.106. The maximum atomic E-state index is 11.6. The Kier molecular flexibility index (Phi) is 6.82. The van der Waals surface area contributed by atoms with Crippen molar-refractivity contribution < 1.29 is 9.47 Å². The molecule has 1 atom stereocenters. The Balaban J connectivity index is 0.000000771. The summed E-state index contributed by atoms with van der Waals surface area (Å²) in [7, 11) is 0. The zero-order valence-corrected chi connectivity index (χ0v) is 11.9. The van der Waals surface area contributed by atoms with E-state index >= 15 is 0 Å². The molecular weight excluding hydrogens is 252 g/mol. The van der Waals surface area contributed by atoms with E-state index in [9.17, 15) is 4.79 Å². The lowest BCUT2D eigenvalue weighted by Gasteiger charge is -2.22. The van der Waals surface area contributed by atoms with Crippen LogP contribution in [-0.4, -0.2) is 29.1 Å². The van der Waals surface area contributed by atoms with E-state index in [0.717, 1.165) is 19.3 Å². The highest BCUT2D eigenvalue weighted by atomic mass is 32.2. The Morgan fingerprint density at radius 3 is 2.83 bits per heavy atom. The number of hydrogen-bond acceptors (Lipinski definition) is 5. The fraction of sp³-hybridized carbons (Fsp3) is 0.667. The first-order valence-electron chi connectivity index (χ1n) is 6.21. The lowest BCUT2D eigenvalue weighted by atomic mass is 10.2. The van der Waals surface area contributed by atoms with Gasteiger partial charge in [-0.05, 0) is 19.1 Å². The molecule has 0 aliphatic carbocycles. The summed E-state index contributed by atoms with van der Waals surface area (Å²) in [6.45, 7) is 4.69. The molecule has 5 nitrogen and oxygen atoms in total. The number of rotatable bonds is 3. The number of ether oxygens (including phenoxy) is 2. The molecule has 2 heterocycles. The second-order valence-corrected chi connectivity index (χ2v) is 4.29. The molecule has 1 N–H and O–H groups in total. The van der Waals surface area contributed by atoms with E-state index in [1.165, 1.54) is 18.0 Å². The first-order chi connectivity index (χ1) is 8.79. The maximum Gasteiger partial charge on any atom is 0.294 e. The summed E-state index contributed by atoms with van der Waals surface area (Å²) in [5.74, 6) is 0.227. The summed E-state index contributed by atoms with van der Waals surface area (Å²) in [5.41, 5.74) is -0.256. The largest absolute Gasteiger partial charge is 0.458 e. The van der Waals surface area contributed by atoms with E-state index in [0.29, 0.717) is 11.8 Å². The SMILES string of the molecule is CC.CSc1ncc(OC2CCCCO2)c(=O)[nH]1. The second kappa shape index (κ2) is 8.16. The van der Waals surface area contributed by atoms with Gasteiger partial charge in [-0.3, -0.25) is 9.78 Å². The number of H-pyrrole nitrogens is 1. The van der Waals surface area contributed by atoms with Crippen molar-refractivity contribution >= 4 is 11.8 Å². The minimum Gasteiger partial charge on any atom is -0.458 e. The van der Waals surface area contributed by atoms with Crippen LogP contribution >= 0.6 is 11.8 Å². The molecule has 1 aromatic rings. The van der Waals surface area contributed by atoms with Crippen LogP contribution in [0.4, 0.5) is 0 Å². The van der Waals surface area contributed by atoms with Crippen molar-refractivity contribution in [2.75, 3.05) is 12.9 Å². The van der Waals surface area contributed by atoms with Crippen molar-refractivity contribution in [3.8, 4) is 5.75 Å². The standard InChI is InChI=1S/C10H14N2O3S.C2H6/c1-16-10-11-6-7(9(13)12-10)15-8-4-2-3-5-14-8;1-2/h6,8H,2-5H2,1H3,(H,11,12,13);1-2H3. The summed E-state index contributed by atoms with van der Waals surface area (Å²) in [6, 6.07) is 0. The molecule has 0 bridgehead atoms. The molecule has 18 heavy (non-hydrogen) atoms. The molecule has 0 amide bonds. The number of nitrogens with one attached hydrogen (secondary N) is 1. The predicted molar refractivity (Wildman–Crippen MR) is 72.2 cm³/mol. The van der Waals surface area contributed by atoms with Crippen LogP contribution in [0, 0.1) is 0 Å². The minimum atomic E-state index is -0.309. The van der Waals surface area contributed by atoms with E-state index < -0.39 is 0 Å². The quantitative estimate of drug-likeness (QED) is 0.676. The molecule has 0 saturated carbocycles. The summed E-state index contributed by atoms with van der Waals surface area (Å²) in [5, 5.41) is 0.585. The Hall–Kier alpha value is -1.01. The van der Waals surface area contributed by atoms with Gasteiger partial charge in [-0.15, -0.1) is 0 Å². The molecule has 2 rings (SSSR count). The number of thioether (sulfide) groups is 1. The maximum absolute atomic E-state index is 11.6. The lowest BCUT2D eigenvalue weighted by Crippen LogP contribution is -2.27. The normalized spacial score (nSPS) is 18.7. The van der Waals surface area contributed by atoms with Crippen LogP contribution in [0.2, 0.25) is 0 Å². The van der Waals surface area contributed by atoms with Gasteiger partial charge < -0.3 is 9.47 Å². The Bertz CT molecular complexity index is 403. The van der Waals surface area contributed by atoms with E-state index in [-0.39, 0.29) is 17.6 Å². The topological polar surface area (TPSA) is 64.2 Å².